The van der Waals surface area contributed by atoms with Gasteiger partial charge in [0.15, 0.2) is 0 Å². The molecule has 2 saturated carbocycles. The summed E-state index contributed by atoms with van der Waals surface area (Å²) < 4.78 is 5.30. The maximum atomic E-state index is 12.5. The lowest BCUT2D eigenvalue weighted by Crippen LogP contribution is -2.51. The highest BCUT2D eigenvalue weighted by Gasteiger charge is 2.61. The zero-order chi connectivity index (χ0) is 19.9. The number of hydrogen-bond donors (Lipinski definition) is 2. The fraction of sp³-hybridized carbons (Fsp3) is 0.773. The highest BCUT2D eigenvalue weighted by Crippen LogP contribution is 2.64. The zero-order valence-electron chi connectivity index (χ0n) is 17.5. The minimum Gasteiger partial charge on any atom is -0.467 e. The predicted octanol–water partition coefficient (Wildman–Crippen LogP) is 3.57. The van der Waals surface area contributed by atoms with E-state index in [0.717, 1.165) is 37.9 Å². The number of rotatable bonds is 6. The molecule has 2 fully saturated rings. The van der Waals surface area contributed by atoms with Crippen LogP contribution in [0.1, 0.15) is 65.1 Å². The Morgan fingerprint density at radius 3 is 2.67 bits per heavy atom. The molecule has 2 N–H and O–H groups in total. The van der Waals surface area contributed by atoms with Crippen molar-refractivity contribution in [1.29, 1.82) is 0 Å². The largest absolute Gasteiger partial charge is 0.467 e. The molecule has 0 saturated heterocycles. The predicted molar refractivity (Wildman–Crippen MR) is 106 cm³/mol. The summed E-state index contributed by atoms with van der Waals surface area (Å²) in [6.45, 7) is 7.11. The summed E-state index contributed by atoms with van der Waals surface area (Å²) in [6, 6.07) is 4.16. The third kappa shape index (κ3) is 4.09. The number of amides is 1. The van der Waals surface area contributed by atoms with E-state index in [2.05, 4.69) is 38.2 Å². The van der Waals surface area contributed by atoms with E-state index < -0.39 is 5.60 Å². The quantitative estimate of drug-likeness (QED) is 0.796. The van der Waals surface area contributed by atoms with Crippen molar-refractivity contribution < 1.29 is 14.3 Å². The number of aliphatic hydroxyl groups is 1. The van der Waals surface area contributed by atoms with E-state index in [4.69, 9.17) is 4.42 Å². The highest BCUT2D eigenvalue weighted by molar-refractivity contribution is 5.75. The van der Waals surface area contributed by atoms with Crippen LogP contribution in [0.15, 0.2) is 22.8 Å². The van der Waals surface area contributed by atoms with Gasteiger partial charge in [0.1, 0.15) is 5.76 Å². The number of carbonyl (C=O) groups is 1. The lowest BCUT2D eigenvalue weighted by atomic mass is 9.57. The van der Waals surface area contributed by atoms with Gasteiger partial charge in [-0.05, 0) is 82.0 Å². The van der Waals surface area contributed by atoms with Gasteiger partial charge in [-0.2, -0.15) is 0 Å². The Morgan fingerprint density at radius 2 is 2.04 bits per heavy atom. The van der Waals surface area contributed by atoms with Gasteiger partial charge in [0, 0.05) is 12.5 Å². The maximum Gasteiger partial charge on any atom is 0.220 e. The maximum absolute atomic E-state index is 12.5. The molecule has 0 spiro atoms. The summed E-state index contributed by atoms with van der Waals surface area (Å²) in [7, 11) is 4.32. The molecule has 0 aliphatic heterocycles. The first-order valence-corrected chi connectivity index (χ1v) is 10.2. The lowest BCUT2D eigenvalue weighted by molar-refractivity contribution is -0.124. The van der Waals surface area contributed by atoms with Crippen LogP contribution in [-0.2, 0) is 11.3 Å². The molecular weight excluding hydrogens is 340 g/mol. The molecular formula is C22H36N2O3. The van der Waals surface area contributed by atoms with Crippen molar-refractivity contribution in [2.75, 3.05) is 14.1 Å². The van der Waals surface area contributed by atoms with Crippen molar-refractivity contribution in [2.24, 2.45) is 16.7 Å². The first kappa shape index (κ1) is 20.4. The van der Waals surface area contributed by atoms with Crippen molar-refractivity contribution in [3.05, 3.63) is 24.2 Å². The normalized spacial score (nSPS) is 35.2. The van der Waals surface area contributed by atoms with E-state index in [1.165, 1.54) is 0 Å². The van der Waals surface area contributed by atoms with Crippen molar-refractivity contribution in [2.45, 2.75) is 77.5 Å². The Labute approximate surface area is 163 Å². The second-order valence-corrected chi connectivity index (χ2v) is 10.0. The smallest absolute Gasteiger partial charge is 0.220 e. The molecule has 1 aromatic rings. The Kier molecular flexibility index (Phi) is 5.48. The van der Waals surface area contributed by atoms with Crippen LogP contribution in [0.5, 0.6) is 0 Å². The Balaban J connectivity index is 1.73. The van der Waals surface area contributed by atoms with Gasteiger partial charge in [0.05, 0.1) is 18.4 Å². The third-order valence-electron chi connectivity index (χ3n) is 7.27. The SMILES string of the molecule is CN(C)C1CC(C)(C)C2CC(C)(O)CCC12CCC(=O)NCc1ccco1. The van der Waals surface area contributed by atoms with Gasteiger partial charge in [0.2, 0.25) is 5.91 Å². The van der Waals surface area contributed by atoms with Crippen LogP contribution in [0.4, 0.5) is 0 Å². The zero-order valence-corrected chi connectivity index (χ0v) is 17.5. The Bertz CT molecular complexity index is 651. The summed E-state index contributed by atoms with van der Waals surface area (Å²) in [5.74, 6) is 1.29. The Hall–Kier alpha value is -1.33. The minimum absolute atomic E-state index is 0.0825. The highest BCUT2D eigenvalue weighted by atomic mass is 16.3. The van der Waals surface area contributed by atoms with Crippen LogP contribution < -0.4 is 5.32 Å². The van der Waals surface area contributed by atoms with Crippen molar-refractivity contribution in [3.8, 4) is 0 Å². The van der Waals surface area contributed by atoms with Gasteiger partial charge in [-0.15, -0.1) is 0 Å². The van der Waals surface area contributed by atoms with Gasteiger partial charge in [-0.25, -0.2) is 0 Å². The molecule has 27 heavy (non-hydrogen) atoms. The van der Waals surface area contributed by atoms with Gasteiger partial charge in [-0.1, -0.05) is 13.8 Å². The molecule has 1 heterocycles. The van der Waals surface area contributed by atoms with E-state index in [-0.39, 0.29) is 16.7 Å². The van der Waals surface area contributed by atoms with Crippen molar-refractivity contribution in [1.82, 2.24) is 10.2 Å². The second kappa shape index (κ2) is 7.25. The molecule has 5 heteroatoms. The first-order valence-electron chi connectivity index (χ1n) is 10.2. The molecule has 0 bridgehead atoms. The summed E-state index contributed by atoms with van der Waals surface area (Å²) in [4.78, 5) is 14.9. The number of hydrogen-bond acceptors (Lipinski definition) is 4. The molecule has 4 atom stereocenters. The van der Waals surface area contributed by atoms with Crippen LogP contribution in [0.3, 0.4) is 0 Å². The third-order valence-corrected chi connectivity index (χ3v) is 7.27. The monoisotopic (exact) mass is 376 g/mol. The number of furan rings is 1. The molecule has 2 aliphatic carbocycles. The molecule has 0 aromatic carbocycles. The van der Waals surface area contributed by atoms with Crippen LogP contribution in [0, 0.1) is 16.7 Å². The first-order chi connectivity index (χ1) is 12.6. The summed E-state index contributed by atoms with van der Waals surface area (Å²) in [5, 5.41) is 13.7. The summed E-state index contributed by atoms with van der Waals surface area (Å²) in [6.07, 6.45) is 6.79. The molecule has 3 rings (SSSR count). The lowest BCUT2D eigenvalue weighted by Gasteiger charge is -2.51. The molecule has 2 aliphatic rings. The van der Waals surface area contributed by atoms with Gasteiger partial charge >= 0.3 is 0 Å². The molecule has 5 nitrogen and oxygen atoms in total. The van der Waals surface area contributed by atoms with Crippen LogP contribution in [0.2, 0.25) is 0 Å². The van der Waals surface area contributed by atoms with E-state index in [0.29, 0.717) is 24.9 Å². The standard InChI is InChI=1S/C22H36N2O3/c1-20(2)14-18(24(4)5)22(11-10-21(3,26)13-17(20)22)9-8-19(25)23-15-16-7-6-12-27-16/h6-7,12,17-18,26H,8-11,13-15H2,1-5H3,(H,23,25). The van der Waals surface area contributed by atoms with E-state index in [1.54, 1.807) is 6.26 Å². The molecule has 152 valence electrons. The van der Waals surface area contributed by atoms with Crippen LogP contribution in [0.25, 0.3) is 0 Å². The van der Waals surface area contributed by atoms with Crippen LogP contribution in [-0.4, -0.2) is 41.7 Å². The fourth-order valence-corrected chi connectivity index (χ4v) is 5.91. The van der Waals surface area contributed by atoms with Gasteiger partial charge < -0.3 is 19.7 Å². The summed E-state index contributed by atoms with van der Waals surface area (Å²) >= 11 is 0. The topological polar surface area (TPSA) is 65.7 Å². The van der Waals surface area contributed by atoms with E-state index in [9.17, 15) is 9.90 Å². The number of nitrogens with one attached hydrogen (secondary N) is 1. The Morgan fingerprint density at radius 1 is 1.30 bits per heavy atom. The average Bonchev–Trinajstić information content (AvgIpc) is 3.17. The van der Waals surface area contributed by atoms with E-state index >= 15 is 0 Å². The average molecular weight is 377 g/mol. The number of fused-ring (bicyclic) bond motifs is 1. The second-order valence-electron chi connectivity index (χ2n) is 10.0. The van der Waals surface area contributed by atoms with Crippen molar-refractivity contribution >= 4 is 5.91 Å². The van der Waals surface area contributed by atoms with E-state index in [1.807, 2.05) is 19.1 Å². The molecule has 1 aromatic heterocycles. The van der Waals surface area contributed by atoms with Gasteiger partial charge in [0.25, 0.3) is 0 Å². The number of nitrogens with zero attached hydrogens (tertiary/aromatic N) is 1. The number of carbonyl (C=O) groups excluding carboxylic acids is 1. The minimum atomic E-state index is -0.589. The van der Waals surface area contributed by atoms with Crippen molar-refractivity contribution in [3.63, 3.8) is 0 Å². The van der Waals surface area contributed by atoms with Crippen LogP contribution >= 0.6 is 0 Å². The summed E-state index contributed by atoms with van der Waals surface area (Å²) in [5.41, 5.74) is -0.324. The molecule has 4 unspecified atom stereocenters. The fourth-order valence-electron chi connectivity index (χ4n) is 5.91. The van der Waals surface area contributed by atoms with Gasteiger partial charge in [-0.3, -0.25) is 4.79 Å². The molecule has 0 radical (unpaired) electrons. The molecule has 1 amide bonds.